The van der Waals surface area contributed by atoms with E-state index in [1.807, 2.05) is 29.0 Å². The molecule has 2 N–H and O–H groups in total. The molecule has 0 atom stereocenters. The molecule has 0 aliphatic heterocycles. The molecule has 1 aromatic heterocycles. The van der Waals surface area contributed by atoms with Gasteiger partial charge in [-0.3, -0.25) is 4.79 Å². The first kappa shape index (κ1) is 20.7. The molecule has 0 saturated carbocycles. The van der Waals surface area contributed by atoms with Crippen molar-refractivity contribution in [1.29, 1.82) is 0 Å². The molecule has 0 spiro atoms. The van der Waals surface area contributed by atoms with Crippen LogP contribution in [0.1, 0.15) is 9.27 Å². The molecule has 2 amide bonds. The number of anilines is 1. The Bertz CT molecular complexity index is 1170. The Balaban J connectivity index is 0.00000240. The molecule has 0 bridgehead atoms. The number of rotatable bonds is 6. The Kier molecular flexibility index (Phi) is 6.09. The molecule has 0 unspecified atom stereocenters. The molecular formula is C19H22ClN3O5S. The SMILES string of the molecule is COC(=O)NS(=O)(=O)c1ccc(NC(=O)CCn2ccc3cccc(Cl)c32)cc1.[HH].[HH]. The fourth-order valence-corrected chi connectivity index (χ4v) is 3.98. The number of nitrogens with one attached hydrogen (secondary N) is 2. The minimum absolute atomic E-state index is 0. The van der Waals surface area contributed by atoms with Gasteiger partial charge < -0.3 is 14.6 Å². The van der Waals surface area contributed by atoms with Crippen molar-refractivity contribution in [2.24, 2.45) is 0 Å². The van der Waals surface area contributed by atoms with Crippen LogP contribution in [0.15, 0.2) is 59.6 Å². The number of amides is 2. The zero-order valence-corrected chi connectivity index (χ0v) is 17.0. The van der Waals surface area contributed by atoms with Gasteiger partial charge in [-0.05, 0) is 36.4 Å². The normalized spacial score (nSPS) is 11.2. The number of ether oxygens (including phenoxy) is 1. The highest BCUT2D eigenvalue weighted by atomic mass is 35.5. The fraction of sp³-hybridized carbons (Fsp3) is 0.158. The second-order valence-corrected chi connectivity index (χ2v) is 8.20. The van der Waals surface area contributed by atoms with Crippen molar-refractivity contribution < 1.29 is 25.6 Å². The van der Waals surface area contributed by atoms with Crippen LogP contribution in [0.2, 0.25) is 5.02 Å². The zero-order chi connectivity index (χ0) is 21.0. The number of sulfonamides is 1. The van der Waals surface area contributed by atoms with Gasteiger partial charge in [0.25, 0.3) is 10.0 Å². The molecule has 0 saturated heterocycles. The molecule has 8 nitrogen and oxygen atoms in total. The largest absolute Gasteiger partial charge is 0.452 e. The van der Waals surface area contributed by atoms with E-state index in [0.29, 0.717) is 17.3 Å². The van der Waals surface area contributed by atoms with Gasteiger partial charge in [-0.2, -0.15) is 0 Å². The van der Waals surface area contributed by atoms with Gasteiger partial charge in [-0.15, -0.1) is 0 Å². The second-order valence-electron chi connectivity index (χ2n) is 6.11. The Labute approximate surface area is 175 Å². The molecule has 0 radical (unpaired) electrons. The molecule has 3 aromatic rings. The maximum absolute atomic E-state index is 12.2. The van der Waals surface area contributed by atoms with Gasteiger partial charge >= 0.3 is 6.09 Å². The van der Waals surface area contributed by atoms with Crippen molar-refractivity contribution in [3.8, 4) is 0 Å². The van der Waals surface area contributed by atoms with Crippen LogP contribution in [0.5, 0.6) is 0 Å². The van der Waals surface area contributed by atoms with E-state index < -0.39 is 16.1 Å². The summed E-state index contributed by atoms with van der Waals surface area (Å²) < 4.78 is 31.9. The van der Waals surface area contributed by atoms with Crippen LogP contribution in [-0.4, -0.2) is 32.1 Å². The summed E-state index contributed by atoms with van der Waals surface area (Å²) in [6.45, 7) is 0.439. The van der Waals surface area contributed by atoms with Crippen LogP contribution in [0.4, 0.5) is 10.5 Å². The highest BCUT2D eigenvalue weighted by Crippen LogP contribution is 2.24. The average molecular weight is 440 g/mol. The van der Waals surface area contributed by atoms with Gasteiger partial charge in [0.1, 0.15) is 0 Å². The van der Waals surface area contributed by atoms with Crippen LogP contribution in [0.25, 0.3) is 10.9 Å². The van der Waals surface area contributed by atoms with Crippen LogP contribution in [0, 0.1) is 0 Å². The number of benzene rings is 2. The Morgan fingerprint density at radius 1 is 1.14 bits per heavy atom. The molecule has 10 heteroatoms. The summed E-state index contributed by atoms with van der Waals surface area (Å²) in [5.74, 6) is -0.234. The molecule has 3 rings (SSSR count). The number of carbonyl (C=O) groups is 2. The van der Waals surface area contributed by atoms with E-state index in [2.05, 4.69) is 10.1 Å². The lowest BCUT2D eigenvalue weighted by molar-refractivity contribution is -0.116. The zero-order valence-electron chi connectivity index (χ0n) is 15.4. The summed E-state index contributed by atoms with van der Waals surface area (Å²) in [7, 11) is -2.97. The van der Waals surface area contributed by atoms with E-state index in [0.717, 1.165) is 18.0 Å². The van der Waals surface area contributed by atoms with E-state index in [1.165, 1.54) is 24.3 Å². The maximum atomic E-state index is 12.2. The Morgan fingerprint density at radius 3 is 2.55 bits per heavy atom. The van der Waals surface area contributed by atoms with Crippen LogP contribution in [-0.2, 0) is 26.1 Å². The number of nitrogens with zero attached hydrogens (tertiary/aromatic N) is 1. The van der Waals surface area contributed by atoms with Crippen molar-refractivity contribution in [3.63, 3.8) is 0 Å². The van der Waals surface area contributed by atoms with Crippen molar-refractivity contribution in [1.82, 2.24) is 9.29 Å². The Hall–Kier alpha value is -3.04. The lowest BCUT2D eigenvalue weighted by Crippen LogP contribution is -2.30. The quantitative estimate of drug-likeness (QED) is 0.606. The van der Waals surface area contributed by atoms with E-state index >= 15 is 0 Å². The smallest absolute Gasteiger partial charge is 0.420 e. The fourth-order valence-electron chi connectivity index (χ4n) is 2.77. The molecule has 0 aliphatic rings. The third-order valence-corrected chi connectivity index (χ3v) is 5.80. The molecule has 1 heterocycles. The van der Waals surface area contributed by atoms with Gasteiger partial charge in [0.2, 0.25) is 5.91 Å². The Morgan fingerprint density at radius 2 is 1.86 bits per heavy atom. The third kappa shape index (κ3) is 4.87. The number of aryl methyl sites for hydroxylation is 1. The maximum Gasteiger partial charge on any atom is 0.420 e. The minimum atomic E-state index is -4.03. The van der Waals surface area contributed by atoms with E-state index in [1.54, 1.807) is 10.8 Å². The van der Waals surface area contributed by atoms with Crippen molar-refractivity contribution >= 4 is 50.2 Å². The molecule has 0 aliphatic carbocycles. The molecule has 156 valence electrons. The summed E-state index contributed by atoms with van der Waals surface area (Å²) in [6.07, 6.45) is 0.997. The highest BCUT2D eigenvalue weighted by Gasteiger charge is 2.17. The predicted octanol–water partition coefficient (Wildman–Crippen LogP) is 3.86. The number of methoxy groups -OCH3 is 1. The molecule has 0 fully saturated rings. The average Bonchev–Trinajstić information content (AvgIpc) is 3.11. The molecular weight excluding hydrogens is 418 g/mol. The molecule has 2 aromatic carbocycles. The van der Waals surface area contributed by atoms with Crippen LogP contribution >= 0.6 is 11.6 Å². The van der Waals surface area contributed by atoms with E-state index in [4.69, 9.17) is 11.6 Å². The monoisotopic (exact) mass is 439 g/mol. The number of para-hydroxylation sites is 1. The summed E-state index contributed by atoms with van der Waals surface area (Å²) in [5.41, 5.74) is 1.30. The number of carbonyl (C=O) groups excluding carboxylic acids is 2. The number of hydrogen-bond donors (Lipinski definition) is 2. The van der Waals surface area contributed by atoms with Gasteiger partial charge in [0.15, 0.2) is 0 Å². The van der Waals surface area contributed by atoms with Gasteiger partial charge in [0, 0.05) is 33.1 Å². The van der Waals surface area contributed by atoms with Crippen molar-refractivity contribution in [2.75, 3.05) is 12.4 Å². The van der Waals surface area contributed by atoms with Crippen molar-refractivity contribution in [2.45, 2.75) is 17.9 Å². The van der Waals surface area contributed by atoms with Crippen LogP contribution in [0.3, 0.4) is 0 Å². The number of aromatic nitrogens is 1. The van der Waals surface area contributed by atoms with Gasteiger partial charge in [0.05, 0.1) is 22.5 Å². The first-order chi connectivity index (χ1) is 13.8. The highest BCUT2D eigenvalue weighted by molar-refractivity contribution is 7.90. The summed E-state index contributed by atoms with van der Waals surface area (Å²) in [4.78, 5) is 23.2. The van der Waals surface area contributed by atoms with E-state index in [-0.39, 0.29) is 20.1 Å². The van der Waals surface area contributed by atoms with Crippen molar-refractivity contribution in [3.05, 3.63) is 59.8 Å². The first-order valence-electron chi connectivity index (χ1n) is 8.54. The first-order valence-corrected chi connectivity index (χ1v) is 10.4. The third-order valence-electron chi connectivity index (χ3n) is 4.17. The number of fused-ring (bicyclic) bond motifs is 1. The lowest BCUT2D eigenvalue weighted by atomic mass is 10.2. The minimum Gasteiger partial charge on any atom is -0.452 e. The topological polar surface area (TPSA) is 106 Å². The standard InChI is InChI=1S/C19H18ClN3O5S.2H2/c1-28-19(25)22-29(26,27)15-7-5-14(6-8-15)21-17(24)10-12-23-11-9-13-3-2-4-16(20)18(13)23;;/h2-9,11H,10,12H2,1H3,(H,21,24)(H,22,25);2*1H. The lowest BCUT2D eigenvalue weighted by Gasteiger charge is -2.09. The second kappa shape index (κ2) is 8.54. The van der Waals surface area contributed by atoms with Crippen LogP contribution < -0.4 is 10.0 Å². The number of halogens is 1. The molecule has 29 heavy (non-hydrogen) atoms. The summed E-state index contributed by atoms with van der Waals surface area (Å²) >= 11 is 6.24. The summed E-state index contributed by atoms with van der Waals surface area (Å²) in [5, 5.41) is 4.32. The summed E-state index contributed by atoms with van der Waals surface area (Å²) in [6, 6.07) is 13.0. The number of hydrogen-bond acceptors (Lipinski definition) is 5. The predicted molar refractivity (Wildman–Crippen MR) is 114 cm³/mol. The van der Waals surface area contributed by atoms with Gasteiger partial charge in [-0.25, -0.2) is 17.9 Å². The van der Waals surface area contributed by atoms with E-state index in [9.17, 15) is 18.0 Å². The van der Waals surface area contributed by atoms with Gasteiger partial charge in [-0.1, -0.05) is 23.7 Å².